The normalized spacial score (nSPS) is 17.0. The Bertz CT molecular complexity index is 761. The molecule has 0 atom stereocenters. The second-order valence-corrected chi connectivity index (χ2v) is 7.84. The van der Waals surface area contributed by atoms with E-state index in [-0.39, 0.29) is 0 Å². The zero-order valence-electron chi connectivity index (χ0n) is 14.4. The average Bonchev–Trinajstić information content (AvgIpc) is 3.47. The van der Waals surface area contributed by atoms with Gasteiger partial charge in [-0.25, -0.2) is 15.0 Å². The van der Waals surface area contributed by atoms with Crippen LogP contribution in [0.1, 0.15) is 32.1 Å². The van der Waals surface area contributed by atoms with Crippen molar-refractivity contribution in [3.05, 3.63) is 24.5 Å². The van der Waals surface area contributed by atoms with Crippen LogP contribution in [-0.4, -0.2) is 44.2 Å². The number of hydrogen-bond acceptors (Lipinski definition) is 7. The van der Waals surface area contributed by atoms with E-state index in [2.05, 4.69) is 35.5 Å². The Balaban J connectivity index is 1.56. The fourth-order valence-corrected chi connectivity index (χ4v) is 3.76. The Hall–Kier alpha value is -2.00. The van der Waals surface area contributed by atoms with Crippen LogP contribution in [0.3, 0.4) is 0 Å². The van der Waals surface area contributed by atoms with Crippen molar-refractivity contribution in [3.63, 3.8) is 0 Å². The van der Waals surface area contributed by atoms with Crippen molar-refractivity contribution in [1.29, 1.82) is 0 Å². The number of nitrogens with zero attached hydrogens (tertiary/aromatic N) is 5. The molecule has 0 radical (unpaired) electrons. The van der Waals surface area contributed by atoms with Gasteiger partial charge in [0, 0.05) is 37.6 Å². The molecular weight excluding hydrogens is 366 g/mol. The third-order valence-corrected chi connectivity index (χ3v) is 5.28. The van der Waals surface area contributed by atoms with E-state index in [0.717, 1.165) is 23.9 Å². The Kier molecular flexibility index (Phi) is 5.45. The van der Waals surface area contributed by atoms with Gasteiger partial charge in [0.1, 0.15) is 10.8 Å². The molecular formula is C17H21N7S2. The summed E-state index contributed by atoms with van der Waals surface area (Å²) in [5.74, 6) is 1.44. The minimum atomic E-state index is 0.492. The molecule has 4 rings (SSSR count). The molecule has 1 saturated carbocycles. The number of nitrogens with one attached hydrogen (secondary N) is 2. The number of aromatic nitrogens is 4. The lowest BCUT2D eigenvalue weighted by molar-refractivity contribution is 0.572. The second-order valence-electron chi connectivity index (χ2n) is 6.44. The van der Waals surface area contributed by atoms with Crippen molar-refractivity contribution in [3.8, 4) is 0 Å². The van der Waals surface area contributed by atoms with Gasteiger partial charge in [0.05, 0.1) is 0 Å². The lowest BCUT2D eigenvalue weighted by Crippen LogP contribution is -2.32. The van der Waals surface area contributed by atoms with Gasteiger partial charge in [-0.1, -0.05) is 0 Å². The average molecular weight is 388 g/mol. The predicted octanol–water partition coefficient (Wildman–Crippen LogP) is 2.86. The van der Waals surface area contributed by atoms with Crippen LogP contribution in [0.15, 0.2) is 34.7 Å². The summed E-state index contributed by atoms with van der Waals surface area (Å²) in [4.78, 5) is 20.1. The molecule has 0 unspecified atom stereocenters. The van der Waals surface area contributed by atoms with Gasteiger partial charge >= 0.3 is 0 Å². The van der Waals surface area contributed by atoms with E-state index in [1.54, 1.807) is 18.5 Å². The molecule has 1 aliphatic heterocycles. The first kappa shape index (κ1) is 17.4. The molecule has 3 heterocycles. The molecule has 9 heteroatoms. The van der Waals surface area contributed by atoms with Gasteiger partial charge in [-0.2, -0.15) is 4.98 Å². The number of anilines is 2. The molecule has 26 heavy (non-hydrogen) atoms. The van der Waals surface area contributed by atoms with E-state index in [0.29, 0.717) is 22.3 Å². The summed E-state index contributed by atoms with van der Waals surface area (Å²) >= 11 is 6.81. The zero-order valence-corrected chi connectivity index (χ0v) is 16.0. The molecule has 7 nitrogen and oxygen atoms in total. The maximum atomic E-state index is 5.38. The predicted molar refractivity (Wildman–Crippen MR) is 107 cm³/mol. The standard InChI is InChI=1S/C17H21N7S2/c25-16(20-12-5-6-12)23-15-21-13(24-9-2-1-3-10-24)11-14(22-15)26-17-18-7-4-8-19-17/h4,7-8,11-12H,1-3,5-6,9-10H2,(H2,20,21,22,23,25). The van der Waals surface area contributed by atoms with Gasteiger partial charge in [0.2, 0.25) is 5.95 Å². The Morgan fingerprint density at radius 3 is 2.62 bits per heavy atom. The number of piperidine rings is 1. The second kappa shape index (κ2) is 8.13. The van der Waals surface area contributed by atoms with Gasteiger partial charge in [0.15, 0.2) is 10.3 Å². The summed E-state index contributed by atoms with van der Waals surface area (Å²) in [6, 6.07) is 4.31. The maximum absolute atomic E-state index is 5.38. The summed E-state index contributed by atoms with van der Waals surface area (Å²) in [6.45, 7) is 2.04. The number of rotatable bonds is 5. The zero-order chi connectivity index (χ0) is 17.8. The van der Waals surface area contributed by atoms with Crippen molar-refractivity contribution in [2.75, 3.05) is 23.3 Å². The van der Waals surface area contributed by atoms with Crippen LogP contribution in [0.4, 0.5) is 11.8 Å². The van der Waals surface area contributed by atoms with Crippen LogP contribution >= 0.6 is 24.0 Å². The van der Waals surface area contributed by atoms with Crippen LogP contribution in [0.25, 0.3) is 0 Å². The van der Waals surface area contributed by atoms with Gasteiger partial charge < -0.3 is 15.5 Å². The van der Waals surface area contributed by atoms with Crippen molar-refractivity contribution in [2.24, 2.45) is 0 Å². The SMILES string of the molecule is S=C(Nc1nc(Sc2ncccn2)cc(N2CCCCC2)n1)NC1CC1. The number of hydrogen-bond donors (Lipinski definition) is 2. The highest BCUT2D eigenvalue weighted by atomic mass is 32.2. The van der Waals surface area contributed by atoms with Gasteiger partial charge in [0.25, 0.3) is 0 Å². The van der Waals surface area contributed by atoms with Gasteiger partial charge in [-0.15, -0.1) is 0 Å². The van der Waals surface area contributed by atoms with Crippen molar-refractivity contribution in [2.45, 2.75) is 48.3 Å². The molecule has 0 aromatic carbocycles. The lowest BCUT2D eigenvalue weighted by atomic mass is 10.1. The van der Waals surface area contributed by atoms with Gasteiger partial charge in [-0.3, -0.25) is 0 Å². The highest BCUT2D eigenvalue weighted by molar-refractivity contribution is 7.99. The van der Waals surface area contributed by atoms with Crippen molar-refractivity contribution in [1.82, 2.24) is 25.3 Å². The minimum absolute atomic E-state index is 0.492. The molecule has 0 bridgehead atoms. The Morgan fingerprint density at radius 1 is 1.12 bits per heavy atom. The molecule has 1 saturated heterocycles. The third kappa shape index (κ3) is 4.79. The molecule has 2 N–H and O–H groups in total. The maximum Gasteiger partial charge on any atom is 0.232 e. The third-order valence-electron chi connectivity index (χ3n) is 4.25. The van der Waals surface area contributed by atoms with Crippen LogP contribution in [-0.2, 0) is 0 Å². The molecule has 2 aromatic rings. The summed E-state index contributed by atoms with van der Waals surface area (Å²) in [5.41, 5.74) is 0. The van der Waals surface area contributed by atoms with Crippen molar-refractivity contribution >= 4 is 40.9 Å². The number of thiocarbonyl (C=S) groups is 1. The molecule has 2 aromatic heterocycles. The van der Waals surface area contributed by atoms with Crippen LogP contribution in [0.2, 0.25) is 0 Å². The fraction of sp³-hybridized carbons (Fsp3) is 0.471. The van der Waals surface area contributed by atoms with Crippen molar-refractivity contribution < 1.29 is 0 Å². The van der Waals surface area contributed by atoms with Crippen LogP contribution in [0.5, 0.6) is 0 Å². The molecule has 2 aliphatic rings. The summed E-state index contributed by atoms with van der Waals surface area (Å²) in [6.07, 6.45) is 9.47. The smallest absolute Gasteiger partial charge is 0.232 e. The monoisotopic (exact) mass is 387 g/mol. The van der Waals surface area contributed by atoms with Crippen LogP contribution < -0.4 is 15.5 Å². The lowest BCUT2D eigenvalue weighted by Gasteiger charge is -2.28. The first-order chi connectivity index (χ1) is 12.8. The topological polar surface area (TPSA) is 78.9 Å². The first-order valence-electron chi connectivity index (χ1n) is 8.93. The highest BCUT2D eigenvalue weighted by Crippen LogP contribution is 2.28. The molecule has 1 aliphatic carbocycles. The quantitative estimate of drug-likeness (QED) is 0.457. The molecule has 2 fully saturated rings. The Morgan fingerprint density at radius 2 is 1.88 bits per heavy atom. The van der Waals surface area contributed by atoms with E-state index in [1.165, 1.54) is 43.9 Å². The summed E-state index contributed by atoms with van der Waals surface area (Å²) in [7, 11) is 0. The molecule has 0 spiro atoms. The Labute approximate surface area is 162 Å². The van der Waals surface area contributed by atoms with E-state index >= 15 is 0 Å². The van der Waals surface area contributed by atoms with E-state index in [4.69, 9.17) is 12.2 Å². The minimum Gasteiger partial charge on any atom is -0.360 e. The summed E-state index contributed by atoms with van der Waals surface area (Å²) in [5, 5.41) is 8.46. The van der Waals surface area contributed by atoms with E-state index < -0.39 is 0 Å². The fourth-order valence-electron chi connectivity index (χ4n) is 2.79. The first-order valence-corrected chi connectivity index (χ1v) is 10.2. The molecule has 136 valence electrons. The van der Waals surface area contributed by atoms with Gasteiger partial charge in [-0.05, 0) is 62.2 Å². The largest absolute Gasteiger partial charge is 0.360 e. The van der Waals surface area contributed by atoms with E-state index in [9.17, 15) is 0 Å². The summed E-state index contributed by atoms with van der Waals surface area (Å²) < 4.78 is 0. The highest BCUT2D eigenvalue weighted by Gasteiger charge is 2.22. The molecule has 0 amide bonds. The van der Waals surface area contributed by atoms with E-state index in [1.807, 2.05) is 6.07 Å². The van der Waals surface area contributed by atoms with Crippen LogP contribution in [0, 0.1) is 0 Å².